The first-order valence-electron chi connectivity index (χ1n) is 5.82. The molecule has 108 valence electrons. The van der Waals surface area contributed by atoms with Gasteiger partial charge >= 0.3 is 11.4 Å². The number of hydrogen-bond donors (Lipinski definition) is 4. The van der Waals surface area contributed by atoms with Crippen LogP contribution in [0.3, 0.4) is 0 Å². The Kier molecular flexibility index (Phi) is 4.63. The number of hydrogen-bond acceptors (Lipinski definition) is 4. The van der Waals surface area contributed by atoms with E-state index in [2.05, 4.69) is 19.9 Å². The summed E-state index contributed by atoms with van der Waals surface area (Å²) in [4.78, 5) is 51.8. The fourth-order valence-electron chi connectivity index (χ4n) is 1.32. The average Bonchev–Trinajstić information content (AvgIpc) is 2.33. The zero-order valence-electron chi connectivity index (χ0n) is 11.6. The Morgan fingerprint density at radius 1 is 0.550 bits per heavy atom. The predicted molar refractivity (Wildman–Crippen MR) is 74.3 cm³/mol. The summed E-state index contributed by atoms with van der Waals surface area (Å²) < 4.78 is 0. The van der Waals surface area contributed by atoms with E-state index in [1.54, 1.807) is 27.7 Å². The molecule has 0 bridgehead atoms. The van der Waals surface area contributed by atoms with Crippen molar-refractivity contribution in [2.75, 3.05) is 0 Å². The molecule has 0 atom stereocenters. The van der Waals surface area contributed by atoms with E-state index in [0.717, 1.165) is 0 Å². The van der Waals surface area contributed by atoms with E-state index in [9.17, 15) is 19.2 Å². The highest BCUT2D eigenvalue weighted by Gasteiger charge is 1.97. The van der Waals surface area contributed by atoms with Crippen LogP contribution >= 0.6 is 0 Å². The zero-order chi connectivity index (χ0) is 15.4. The zero-order valence-corrected chi connectivity index (χ0v) is 11.6. The quantitative estimate of drug-likeness (QED) is 0.511. The normalized spacial score (nSPS) is 9.80. The number of nitrogens with one attached hydrogen (secondary N) is 4. The number of aryl methyl sites for hydroxylation is 2. The maximum absolute atomic E-state index is 10.8. The van der Waals surface area contributed by atoms with Crippen molar-refractivity contribution in [3.63, 3.8) is 0 Å². The van der Waals surface area contributed by atoms with Crippen molar-refractivity contribution >= 4 is 0 Å². The third-order valence-electron chi connectivity index (χ3n) is 2.86. The van der Waals surface area contributed by atoms with Gasteiger partial charge in [-0.25, -0.2) is 9.59 Å². The van der Waals surface area contributed by atoms with Crippen LogP contribution < -0.4 is 22.5 Å². The SMILES string of the molecule is Cc1[nH]c(=O)[nH]c(=O)c1C.Cc1[nH]c(=O)[nH]c(=O)c1C. The van der Waals surface area contributed by atoms with Crippen LogP contribution in [0.5, 0.6) is 0 Å². The summed E-state index contributed by atoms with van der Waals surface area (Å²) in [5.74, 6) is 0. The van der Waals surface area contributed by atoms with E-state index in [1.807, 2.05) is 0 Å². The van der Waals surface area contributed by atoms with E-state index < -0.39 is 11.4 Å². The third kappa shape index (κ3) is 3.67. The second-order valence-electron chi connectivity index (χ2n) is 4.32. The Hall–Kier alpha value is -2.64. The molecule has 0 spiro atoms. The Balaban J connectivity index is 0.000000200. The van der Waals surface area contributed by atoms with Gasteiger partial charge in [0, 0.05) is 22.5 Å². The Labute approximate surface area is 112 Å². The van der Waals surface area contributed by atoms with Gasteiger partial charge in [0.05, 0.1) is 0 Å². The number of aromatic amines is 4. The van der Waals surface area contributed by atoms with Gasteiger partial charge in [0.15, 0.2) is 0 Å². The van der Waals surface area contributed by atoms with Crippen molar-refractivity contribution in [1.29, 1.82) is 0 Å². The molecule has 0 saturated carbocycles. The molecular weight excluding hydrogens is 264 g/mol. The molecular formula is C12H16N4O4. The molecule has 2 heterocycles. The standard InChI is InChI=1S/2C6H8N2O2/c2*1-3-4(2)7-6(10)8-5(3)9/h2*1-2H3,(H2,7,8,9,10). The second-order valence-corrected chi connectivity index (χ2v) is 4.32. The van der Waals surface area contributed by atoms with Crippen LogP contribution in [0.15, 0.2) is 19.2 Å². The Bertz CT molecular complexity index is 767. The lowest BCUT2D eigenvalue weighted by Gasteiger charge is -1.93. The summed E-state index contributed by atoms with van der Waals surface area (Å²) in [6.45, 7) is 6.69. The molecule has 8 nitrogen and oxygen atoms in total. The Morgan fingerprint density at radius 3 is 1.10 bits per heavy atom. The molecule has 2 aromatic heterocycles. The predicted octanol–water partition coefficient (Wildman–Crippen LogP) is -0.640. The van der Waals surface area contributed by atoms with Gasteiger partial charge in [0.25, 0.3) is 11.1 Å². The molecule has 4 N–H and O–H groups in total. The molecule has 0 fully saturated rings. The molecule has 0 aliphatic carbocycles. The largest absolute Gasteiger partial charge is 0.325 e. The van der Waals surface area contributed by atoms with Crippen molar-refractivity contribution in [2.24, 2.45) is 0 Å². The lowest BCUT2D eigenvalue weighted by Crippen LogP contribution is -2.25. The van der Waals surface area contributed by atoms with Gasteiger partial charge in [-0.1, -0.05) is 0 Å². The molecule has 0 aliphatic rings. The van der Waals surface area contributed by atoms with Crippen LogP contribution in [0.4, 0.5) is 0 Å². The topological polar surface area (TPSA) is 131 Å². The molecule has 2 aromatic rings. The summed E-state index contributed by atoms with van der Waals surface area (Å²) in [6, 6.07) is 0. The molecule has 0 aromatic carbocycles. The molecule has 0 amide bonds. The summed E-state index contributed by atoms with van der Waals surface area (Å²) >= 11 is 0. The van der Waals surface area contributed by atoms with Crippen molar-refractivity contribution in [3.8, 4) is 0 Å². The van der Waals surface area contributed by atoms with Gasteiger partial charge in [-0.3, -0.25) is 19.6 Å². The maximum atomic E-state index is 10.8. The van der Waals surface area contributed by atoms with Crippen LogP contribution in [0.25, 0.3) is 0 Å². The fourth-order valence-corrected chi connectivity index (χ4v) is 1.32. The fraction of sp³-hybridized carbons (Fsp3) is 0.333. The van der Waals surface area contributed by atoms with Crippen LogP contribution in [-0.2, 0) is 0 Å². The highest BCUT2D eigenvalue weighted by Crippen LogP contribution is 1.88. The van der Waals surface area contributed by atoms with Gasteiger partial charge in [0.2, 0.25) is 0 Å². The van der Waals surface area contributed by atoms with Crippen molar-refractivity contribution in [3.05, 3.63) is 64.2 Å². The minimum atomic E-state index is -0.451. The Morgan fingerprint density at radius 2 is 0.850 bits per heavy atom. The number of rotatable bonds is 0. The summed E-state index contributed by atoms with van der Waals surface area (Å²) in [5.41, 5.74) is 0.811. The van der Waals surface area contributed by atoms with E-state index >= 15 is 0 Å². The third-order valence-corrected chi connectivity index (χ3v) is 2.86. The monoisotopic (exact) mass is 280 g/mol. The molecule has 0 unspecified atom stereocenters. The summed E-state index contributed by atoms with van der Waals surface area (Å²) in [5, 5.41) is 0. The number of H-pyrrole nitrogens is 4. The van der Waals surface area contributed by atoms with E-state index in [0.29, 0.717) is 22.5 Å². The van der Waals surface area contributed by atoms with Crippen LogP contribution in [0.2, 0.25) is 0 Å². The molecule has 8 heteroatoms. The van der Waals surface area contributed by atoms with Gasteiger partial charge in [0.1, 0.15) is 0 Å². The van der Waals surface area contributed by atoms with Crippen LogP contribution in [-0.4, -0.2) is 19.9 Å². The first kappa shape index (κ1) is 15.4. The first-order chi connectivity index (χ1) is 9.22. The van der Waals surface area contributed by atoms with Crippen molar-refractivity contribution < 1.29 is 0 Å². The van der Waals surface area contributed by atoms with Crippen LogP contribution in [0, 0.1) is 27.7 Å². The molecule has 20 heavy (non-hydrogen) atoms. The lowest BCUT2D eigenvalue weighted by atomic mass is 10.3. The van der Waals surface area contributed by atoms with Gasteiger partial charge < -0.3 is 9.97 Å². The van der Waals surface area contributed by atoms with Gasteiger partial charge in [-0.15, -0.1) is 0 Å². The summed E-state index contributed by atoms with van der Waals surface area (Å²) in [7, 11) is 0. The summed E-state index contributed by atoms with van der Waals surface area (Å²) in [6.07, 6.45) is 0. The highest BCUT2D eigenvalue weighted by atomic mass is 16.2. The van der Waals surface area contributed by atoms with Gasteiger partial charge in [-0.2, -0.15) is 0 Å². The lowest BCUT2D eigenvalue weighted by molar-refractivity contribution is 0.963. The molecule has 0 aliphatic heterocycles. The number of aromatic nitrogens is 4. The van der Waals surface area contributed by atoms with Gasteiger partial charge in [-0.05, 0) is 27.7 Å². The molecule has 0 saturated heterocycles. The molecule has 2 rings (SSSR count). The second kappa shape index (κ2) is 6.00. The maximum Gasteiger partial charge on any atom is 0.325 e. The van der Waals surface area contributed by atoms with E-state index in [-0.39, 0.29) is 11.1 Å². The minimum Gasteiger partial charge on any atom is -0.311 e. The minimum absolute atomic E-state index is 0.318. The van der Waals surface area contributed by atoms with Crippen molar-refractivity contribution in [2.45, 2.75) is 27.7 Å². The smallest absolute Gasteiger partial charge is 0.311 e. The molecule has 0 radical (unpaired) electrons. The van der Waals surface area contributed by atoms with E-state index in [4.69, 9.17) is 0 Å². The average molecular weight is 280 g/mol. The first-order valence-corrected chi connectivity index (χ1v) is 5.82. The van der Waals surface area contributed by atoms with Crippen LogP contribution in [0.1, 0.15) is 22.5 Å². The van der Waals surface area contributed by atoms with Crippen molar-refractivity contribution in [1.82, 2.24) is 19.9 Å². The van der Waals surface area contributed by atoms with E-state index in [1.165, 1.54) is 0 Å². The highest BCUT2D eigenvalue weighted by molar-refractivity contribution is 5.11.